The van der Waals surface area contributed by atoms with Gasteiger partial charge in [0.05, 0.1) is 29.1 Å². The number of carbonyl (C=O) groups is 2. The Hall–Kier alpha value is -5.94. The van der Waals surface area contributed by atoms with Crippen molar-refractivity contribution in [2.24, 2.45) is 0 Å². The number of fused-ring (bicyclic) bond motifs is 1. The fraction of sp³-hybridized carbons (Fsp3) is 0.0732. The normalized spacial score (nSPS) is 13.6. The second-order valence-corrected chi connectivity index (χ2v) is 11.2. The quantitative estimate of drug-likeness (QED) is 0.135. The summed E-state index contributed by atoms with van der Waals surface area (Å²) in [7, 11) is 0. The lowest BCUT2D eigenvalue weighted by atomic mass is 10.0. The Morgan fingerprint density at radius 2 is 1.43 bits per heavy atom. The Morgan fingerprint density at radius 1 is 0.761 bits per heavy atom. The number of benzene rings is 5. The minimum Gasteiger partial charge on any atom is -0.462 e. The Bertz CT molecular complexity index is 2150. The molecule has 1 aliphatic rings. The molecule has 5 nitrogen and oxygen atoms in total. The molecule has 0 saturated heterocycles. The largest absolute Gasteiger partial charge is 0.462 e. The maximum atomic E-state index is 13.3. The average Bonchev–Trinajstić information content (AvgIpc) is 3.65. The van der Waals surface area contributed by atoms with Crippen LogP contribution in [0, 0.1) is 6.92 Å². The van der Waals surface area contributed by atoms with Crippen molar-refractivity contribution in [2.75, 3.05) is 6.61 Å². The molecule has 0 N–H and O–H groups in total. The lowest BCUT2D eigenvalue weighted by Gasteiger charge is -2.15. The summed E-state index contributed by atoms with van der Waals surface area (Å²) in [5, 5.41) is 2.23. The highest BCUT2D eigenvalue weighted by atomic mass is 16.5. The molecule has 0 atom stereocenters. The number of aryl methyl sites for hydroxylation is 1. The number of carbonyl (C=O) groups excluding carboxylic acids is 2. The Labute approximate surface area is 267 Å². The summed E-state index contributed by atoms with van der Waals surface area (Å²) < 4.78 is 13.2. The van der Waals surface area contributed by atoms with E-state index >= 15 is 0 Å². The third kappa shape index (κ3) is 5.55. The number of ether oxygens (including phenoxy) is 2. The molecule has 0 spiro atoms. The predicted octanol–water partition coefficient (Wildman–Crippen LogP) is 9.43. The molecule has 5 heteroatoms. The van der Waals surface area contributed by atoms with Crippen LogP contribution in [0.3, 0.4) is 0 Å². The van der Waals surface area contributed by atoms with E-state index in [0.29, 0.717) is 23.5 Å². The monoisotopic (exact) mass is 601 g/mol. The number of aromatic nitrogens is 1. The highest BCUT2D eigenvalue weighted by Gasteiger charge is 2.25. The Kier molecular flexibility index (Phi) is 7.65. The van der Waals surface area contributed by atoms with E-state index in [1.807, 2.05) is 66.7 Å². The van der Waals surface area contributed by atoms with Crippen LogP contribution in [0.5, 0.6) is 0 Å². The van der Waals surface area contributed by atoms with Gasteiger partial charge in [-0.2, -0.15) is 0 Å². The molecule has 46 heavy (non-hydrogen) atoms. The summed E-state index contributed by atoms with van der Waals surface area (Å²) in [5.41, 5.74) is 8.56. The molecule has 0 amide bonds. The van der Waals surface area contributed by atoms with Gasteiger partial charge in [0.2, 0.25) is 0 Å². The fourth-order valence-electron chi connectivity index (χ4n) is 5.90. The van der Waals surface area contributed by atoms with Crippen molar-refractivity contribution in [3.63, 3.8) is 0 Å². The van der Waals surface area contributed by atoms with Gasteiger partial charge < -0.3 is 14.0 Å². The molecule has 0 fully saturated rings. The van der Waals surface area contributed by atoms with Gasteiger partial charge >= 0.3 is 11.9 Å². The molecular weight excluding hydrogens is 570 g/mol. The molecule has 6 aromatic rings. The topological polar surface area (TPSA) is 57.5 Å². The summed E-state index contributed by atoms with van der Waals surface area (Å²) in [4.78, 5) is 25.7. The highest BCUT2D eigenvalue weighted by Crippen LogP contribution is 2.38. The summed E-state index contributed by atoms with van der Waals surface area (Å²) >= 11 is 0. The molecular formula is C41H31NO4. The molecule has 0 aliphatic carbocycles. The van der Waals surface area contributed by atoms with Crippen molar-refractivity contribution in [3.8, 4) is 28.2 Å². The van der Waals surface area contributed by atoms with Crippen molar-refractivity contribution in [3.05, 3.63) is 161 Å². The lowest BCUT2D eigenvalue weighted by molar-refractivity contribution is -0.130. The fourth-order valence-corrected chi connectivity index (χ4v) is 5.90. The SMILES string of the molecule is CCOC(=O)c1ccc(-n2c(-c3ccccc3)cc(/C=C3\C=C(c4ccc5cc(C)ccc5c4)OC3=O)c2-c2ccccc2)cc1. The summed E-state index contributed by atoms with van der Waals surface area (Å²) in [5.74, 6) is -0.231. The van der Waals surface area contributed by atoms with Gasteiger partial charge in [0.15, 0.2) is 0 Å². The van der Waals surface area contributed by atoms with Gasteiger partial charge in [-0.15, -0.1) is 0 Å². The molecule has 1 aliphatic heterocycles. The molecule has 0 unspecified atom stereocenters. The van der Waals surface area contributed by atoms with E-state index in [4.69, 9.17) is 9.47 Å². The van der Waals surface area contributed by atoms with E-state index in [9.17, 15) is 9.59 Å². The molecule has 7 rings (SSSR count). The van der Waals surface area contributed by atoms with Crippen molar-refractivity contribution >= 4 is 34.5 Å². The van der Waals surface area contributed by atoms with Crippen LogP contribution in [-0.2, 0) is 14.3 Å². The predicted molar refractivity (Wildman–Crippen MR) is 183 cm³/mol. The number of hydrogen-bond donors (Lipinski definition) is 0. The Balaban J connectivity index is 1.39. The van der Waals surface area contributed by atoms with E-state index < -0.39 is 5.97 Å². The van der Waals surface area contributed by atoms with E-state index in [0.717, 1.165) is 50.1 Å². The van der Waals surface area contributed by atoms with Crippen molar-refractivity contribution in [2.45, 2.75) is 13.8 Å². The molecule has 5 aromatic carbocycles. The maximum absolute atomic E-state index is 13.3. The van der Waals surface area contributed by atoms with Crippen LogP contribution in [-0.4, -0.2) is 23.1 Å². The lowest BCUT2D eigenvalue weighted by Crippen LogP contribution is -2.05. The zero-order chi connectivity index (χ0) is 31.6. The average molecular weight is 602 g/mol. The van der Waals surface area contributed by atoms with Gasteiger partial charge in [-0.1, -0.05) is 96.6 Å². The van der Waals surface area contributed by atoms with Crippen LogP contribution in [0.2, 0.25) is 0 Å². The highest BCUT2D eigenvalue weighted by molar-refractivity contribution is 6.06. The van der Waals surface area contributed by atoms with Gasteiger partial charge in [0, 0.05) is 16.8 Å². The van der Waals surface area contributed by atoms with E-state index in [1.54, 1.807) is 19.1 Å². The number of rotatable bonds is 7. The van der Waals surface area contributed by atoms with E-state index in [-0.39, 0.29) is 5.97 Å². The van der Waals surface area contributed by atoms with Gasteiger partial charge in [-0.25, -0.2) is 9.59 Å². The van der Waals surface area contributed by atoms with Gasteiger partial charge in [0.25, 0.3) is 0 Å². The molecule has 0 radical (unpaired) electrons. The summed E-state index contributed by atoms with van der Waals surface area (Å²) in [6.07, 6.45) is 3.72. The van der Waals surface area contributed by atoms with Crippen LogP contribution in [0.15, 0.2) is 139 Å². The molecule has 224 valence electrons. The Morgan fingerprint density at radius 3 is 2.15 bits per heavy atom. The second kappa shape index (κ2) is 12.2. The van der Waals surface area contributed by atoms with E-state index in [1.165, 1.54) is 5.56 Å². The van der Waals surface area contributed by atoms with Crippen LogP contribution >= 0.6 is 0 Å². The second-order valence-electron chi connectivity index (χ2n) is 11.2. The maximum Gasteiger partial charge on any atom is 0.343 e. The first-order valence-electron chi connectivity index (χ1n) is 15.3. The first-order chi connectivity index (χ1) is 22.5. The van der Waals surface area contributed by atoms with Crippen LogP contribution in [0.1, 0.15) is 34.0 Å². The van der Waals surface area contributed by atoms with Gasteiger partial charge in [-0.05, 0) is 84.3 Å². The van der Waals surface area contributed by atoms with Crippen molar-refractivity contribution < 1.29 is 19.1 Å². The van der Waals surface area contributed by atoms with Crippen LogP contribution in [0.25, 0.3) is 50.8 Å². The van der Waals surface area contributed by atoms with Gasteiger partial charge in [-0.3, -0.25) is 0 Å². The zero-order valence-corrected chi connectivity index (χ0v) is 25.6. The zero-order valence-electron chi connectivity index (χ0n) is 25.6. The molecule has 0 bridgehead atoms. The standard InChI is InChI=1S/C41H31NO4/c1-3-45-40(43)30-18-20-36(21-19-30)42-37(28-10-6-4-7-11-28)25-34(39(42)29-12-8-5-9-13-29)24-35-26-38(46-41(35)44)33-17-16-31-22-27(2)14-15-32(31)23-33/h4-26H,3H2,1-2H3/b35-24+. The van der Waals surface area contributed by atoms with Crippen molar-refractivity contribution in [1.29, 1.82) is 0 Å². The molecule has 2 heterocycles. The molecule has 1 aromatic heterocycles. The summed E-state index contributed by atoms with van der Waals surface area (Å²) in [6.45, 7) is 4.18. The van der Waals surface area contributed by atoms with Crippen LogP contribution < -0.4 is 0 Å². The third-order valence-corrected chi connectivity index (χ3v) is 8.10. The minimum absolute atomic E-state index is 0.311. The first-order valence-corrected chi connectivity index (χ1v) is 15.3. The first kappa shape index (κ1) is 28.8. The van der Waals surface area contributed by atoms with Crippen molar-refractivity contribution in [1.82, 2.24) is 4.57 Å². The summed E-state index contributed by atoms with van der Waals surface area (Å²) in [6, 6.07) is 42.1. The smallest absolute Gasteiger partial charge is 0.343 e. The minimum atomic E-state index is -0.397. The number of hydrogen-bond acceptors (Lipinski definition) is 4. The van der Waals surface area contributed by atoms with E-state index in [2.05, 4.69) is 72.2 Å². The number of cyclic esters (lactones) is 1. The van der Waals surface area contributed by atoms with Crippen LogP contribution in [0.4, 0.5) is 0 Å². The number of esters is 2. The molecule has 0 saturated carbocycles. The van der Waals surface area contributed by atoms with Gasteiger partial charge in [0.1, 0.15) is 5.76 Å². The third-order valence-electron chi connectivity index (χ3n) is 8.10. The number of nitrogens with zero attached hydrogens (tertiary/aromatic N) is 1.